The molecular weight excluding hydrogens is 402 g/mol. The van der Waals surface area contributed by atoms with E-state index in [4.69, 9.17) is 0 Å². The van der Waals surface area contributed by atoms with Crippen molar-refractivity contribution < 1.29 is 14.7 Å². The zero-order chi connectivity index (χ0) is 21.9. The average Bonchev–Trinajstić information content (AvgIpc) is 3.22. The van der Waals surface area contributed by atoms with Crippen LogP contribution < -0.4 is 5.32 Å². The number of hydrogen-bond acceptors (Lipinski definition) is 3. The molecule has 0 unspecified atom stereocenters. The van der Waals surface area contributed by atoms with E-state index < -0.39 is 11.4 Å². The van der Waals surface area contributed by atoms with Crippen LogP contribution in [-0.4, -0.2) is 32.9 Å². The van der Waals surface area contributed by atoms with Gasteiger partial charge in [0.2, 0.25) is 0 Å². The van der Waals surface area contributed by atoms with Crippen molar-refractivity contribution in [2.24, 2.45) is 23.2 Å². The molecule has 2 heterocycles. The number of amides is 1. The van der Waals surface area contributed by atoms with Crippen molar-refractivity contribution >= 4 is 17.5 Å². The predicted octanol–water partition coefficient (Wildman–Crippen LogP) is 4.57. The molecule has 2 N–H and O–H groups in total. The minimum absolute atomic E-state index is 0.0803. The molecule has 6 heteroatoms. The van der Waals surface area contributed by atoms with E-state index >= 15 is 0 Å². The number of fused-ring (bicyclic) bond motifs is 1. The predicted molar refractivity (Wildman–Crippen MR) is 121 cm³/mol. The number of imidazole rings is 1. The molecule has 32 heavy (non-hydrogen) atoms. The summed E-state index contributed by atoms with van der Waals surface area (Å²) in [5, 5.41) is 13.3. The molecular formula is C26H33N3O3. The third kappa shape index (κ3) is 3.17. The van der Waals surface area contributed by atoms with E-state index in [1.807, 2.05) is 18.2 Å². The smallest absolute Gasteiger partial charge is 0.315 e. The summed E-state index contributed by atoms with van der Waals surface area (Å²) in [4.78, 5) is 30.2. The lowest BCUT2D eigenvalue weighted by atomic mass is 9.49. The lowest BCUT2D eigenvalue weighted by Crippen LogP contribution is -2.51. The van der Waals surface area contributed by atoms with E-state index in [0.29, 0.717) is 29.9 Å². The number of aromatic nitrogens is 2. The third-order valence-electron chi connectivity index (χ3n) is 9.12. The summed E-state index contributed by atoms with van der Waals surface area (Å²) in [5.41, 5.74) is 1.13. The summed E-state index contributed by atoms with van der Waals surface area (Å²) in [6, 6.07) is 5.53. The molecule has 5 aliphatic carbocycles. The van der Waals surface area contributed by atoms with Gasteiger partial charge in [0.05, 0.1) is 5.69 Å². The maximum atomic E-state index is 13.3. The quantitative estimate of drug-likeness (QED) is 0.721. The van der Waals surface area contributed by atoms with Crippen LogP contribution in [0.1, 0.15) is 86.8 Å². The summed E-state index contributed by atoms with van der Waals surface area (Å²) < 4.78 is 1.80. The molecule has 0 aromatic carbocycles. The van der Waals surface area contributed by atoms with Crippen LogP contribution in [0.3, 0.4) is 0 Å². The fourth-order valence-corrected chi connectivity index (χ4v) is 8.03. The van der Waals surface area contributed by atoms with Crippen molar-refractivity contribution in [1.29, 1.82) is 0 Å². The molecule has 1 amide bonds. The molecule has 6 nitrogen and oxygen atoms in total. The van der Waals surface area contributed by atoms with Crippen molar-refractivity contribution in [1.82, 2.24) is 14.7 Å². The zero-order valence-corrected chi connectivity index (χ0v) is 18.7. The topological polar surface area (TPSA) is 83.7 Å². The van der Waals surface area contributed by atoms with E-state index in [0.717, 1.165) is 43.6 Å². The van der Waals surface area contributed by atoms with Crippen LogP contribution in [0.2, 0.25) is 0 Å². The standard InChI is InChI=1S/C26H33N3O3/c30-23(27-16-25-12-17-9-18(13-25)11-19(10-17)14-25)20-5-4-6-22-28-21(15-29(20)22)26(24(31)32)7-2-1-3-8-26/h4-6,15,17-19H,1-3,7-14,16H2,(H,27,30)(H,31,32). The highest BCUT2D eigenvalue weighted by molar-refractivity contribution is 5.93. The van der Waals surface area contributed by atoms with Crippen molar-refractivity contribution in [3.8, 4) is 0 Å². The molecule has 2 aromatic heterocycles. The Morgan fingerprint density at radius 1 is 1.03 bits per heavy atom. The van der Waals surface area contributed by atoms with Crippen LogP contribution in [0.4, 0.5) is 0 Å². The molecule has 170 valence electrons. The van der Waals surface area contributed by atoms with Crippen LogP contribution in [-0.2, 0) is 10.2 Å². The van der Waals surface area contributed by atoms with Gasteiger partial charge in [0.1, 0.15) is 16.8 Å². The largest absolute Gasteiger partial charge is 0.481 e. The first-order chi connectivity index (χ1) is 15.5. The maximum absolute atomic E-state index is 13.3. The molecule has 7 rings (SSSR count). The van der Waals surface area contributed by atoms with Crippen molar-refractivity contribution in [3.05, 3.63) is 35.8 Å². The monoisotopic (exact) mass is 435 g/mol. The van der Waals surface area contributed by atoms with E-state index in [9.17, 15) is 14.7 Å². The van der Waals surface area contributed by atoms with E-state index in [1.165, 1.54) is 38.5 Å². The summed E-state index contributed by atoms with van der Waals surface area (Å²) in [5.74, 6) is 1.71. The van der Waals surface area contributed by atoms with Crippen LogP contribution in [0.25, 0.3) is 5.65 Å². The van der Waals surface area contributed by atoms with E-state index in [2.05, 4.69) is 10.3 Å². The van der Waals surface area contributed by atoms with Gasteiger partial charge in [-0.3, -0.25) is 14.0 Å². The number of carbonyl (C=O) groups excluding carboxylic acids is 1. The minimum atomic E-state index is -0.933. The first-order valence-corrected chi connectivity index (χ1v) is 12.5. The highest BCUT2D eigenvalue weighted by Gasteiger charge is 2.51. The fourth-order valence-electron chi connectivity index (χ4n) is 8.03. The third-order valence-corrected chi connectivity index (χ3v) is 9.12. The highest BCUT2D eigenvalue weighted by atomic mass is 16.4. The lowest BCUT2D eigenvalue weighted by Gasteiger charge is -2.56. The van der Waals surface area contributed by atoms with Crippen LogP contribution in [0, 0.1) is 23.2 Å². The minimum Gasteiger partial charge on any atom is -0.481 e. The number of carboxylic acids is 1. The Morgan fingerprint density at radius 3 is 2.31 bits per heavy atom. The zero-order valence-electron chi connectivity index (χ0n) is 18.7. The maximum Gasteiger partial charge on any atom is 0.315 e. The number of hydrogen-bond donors (Lipinski definition) is 2. The molecule has 0 aliphatic heterocycles. The number of nitrogens with one attached hydrogen (secondary N) is 1. The number of carbonyl (C=O) groups is 2. The average molecular weight is 436 g/mol. The molecule has 4 bridgehead atoms. The Balaban J connectivity index is 1.26. The van der Waals surface area contributed by atoms with Gasteiger partial charge in [-0.1, -0.05) is 25.3 Å². The first-order valence-electron chi connectivity index (χ1n) is 12.5. The second-order valence-electron chi connectivity index (χ2n) is 11.3. The van der Waals surface area contributed by atoms with Gasteiger partial charge in [0.25, 0.3) is 5.91 Å². The number of rotatable bonds is 5. The normalized spacial score (nSPS) is 32.8. The van der Waals surface area contributed by atoms with Gasteiger partial charge < -0.3 is 10.4 Å². The van der Waals surface area contributed by atoms with Gasteiger partial charge in [0, 0.05) is 12.7 Å². The van der Waals surface area contributed by atoms with Gasteiger partial charge in [0.15, 0.2) is 0 Å². The molecule has 5 aliphatic rings. The number of aliphatic carboxylic acids is 1. The Kier molecular flexibility index (Phi) is 4.63. The fraction of sp³-hybridized carbons (Fsp3) is 0.654. The molecule has 0 spiro atoms. The van der Waals surface area contributed by atoms with Crippen molar-refractivity contribution in [3.63, 3.8) is 0 Å². The molecule has 5 fully saturated rings. The SMILES string of the molecule is O=C(NCC12CC3CC(CC(C3)C1)C2)c1cccc2nc(C3(C(=O)O)CCCCC3)cn12. The van der Waals surface area contributed by atoms with Gasteiger partial charge in [-0.25, -0.2) is 4.98 Å². The Labute approximate surface area is 188 Å². The molecule has 0 saturated heterocycles. The number of carboxylic acid groups (broad SMARTS) is 1. The van der Waals surface area contributed by atoms with Gasteiger partial charge in [-0.15, -0.1) is 0 Å². The van der Waals surface area contributed by atoms with Gasteiger partial charge >= 0.3 is 5.97 Å². The second kappa shape index (κ2) is 7.32. The van der Waals surface area contributed by atoms with Crippen LogP contribution in [0.5, 0.6) is 0 Å². The van der Waals surface area contributed by atoms with Crippen LogP contribution >= 0.6 is 0 Å². The molecule has 5 saturated carbocycles. The Hall–Kier alpha value is -2.37. The number of nitrogens with zero attached hydrogens (tertiary/aromatic N) is 2. The molecule has 0 atom stereocenters. The number of pyridine rings is 1. The highest BCUT2D eigenvalue weighted by Crippen LogP contribution is 2.59. The van der Waals surface area contributed by atoms with Crippen LogP contribution in [0.15, 0.2) is 24.4 Å². The summed E-state index contributed by atoms with van der Waals surface area (Å²) in [6.07, 6.45) is 13.9. The summed E-state index contributed by atoms with van der Waals surface area (Å²) in [6.45, 7) is 0.756. The first kappa shape index (κ1) is 20.3. The summed E-state index contributed by atoms with van der Waals surface area (Å²) >= 11 is 0. The van der Waals surface area contributed by atoms with Crippen molar-refractivity contribution in [2.45, 2.75) is 76.0 Å². The summed E-state index contributed by atoms with van der Waals surface area (Å²) in [7, 11) is 0. The molecule has 0 radical (unpaired) electrons. The van der Waals surface area contributed by atoms with Crippen molar-refractivity contribution in [2.75, 3.05) is 6.54 Å². The van der Waals surface area contributed by atoms with Gasteiger partial charge in [-0.2, -0.15) is 0 Å². The lowest BCUT2D eigenvalue weighted by molar-refractivity contribution is -0.145. The molecule has 2 aromatic rings. The Bertz CT molecular complexity index is 1030. The second-order valence-corrected chi connectivity index (χ2v) is 11.3. The van der Waals surface area contributed by atoms with E-state index in [-0.39, 0.29) is 11.3 Å². The van der Waals surface area contributed by atoms with Gasteiger partial charge in [-0.05, 0) is 86.7 Å². The van der Waals surface area contributed by atoms with E-state index in [1.54, 1.807) is 10.6 Å². The Morgan fingerprint density at radius 2 is 1.69 bits per heavy atom.